The number of fused-ring (bicyclic) bond motifs is 1. The van der Waals surface area contributed by atoms with Gasteiger partial charge in [0.05, 0.1) is 0 Å². The van der Waals surface area contributed by atoms with Crippen LogP contribution in [0.1, 0.15) is 24.0 Å². The third kappa shape index (κ3) is 1.76. The van der Waals surface area contributed by atoms with Gasteiger partial charge < -0.3 is 10.2 Å². The summed E-state index contributed by atoms with van der Waals surface area (Å²) in [6, 6.07) is 4.50. The van der Waals surface area contributed by atoms with E-state index in [-0.39, 0.29) is 0 Å². The second-order valence-corrected chi connectivity index (χ2v) is 5.50. The molecule has 1 aromatic carbocycles. The van der Waals surface area contributed by atoms with Crippen molar-refractivity contribution in [3.05, 3.63) is 27.7 Å². The minimum Gasteiger partial charge on any atom is -0.371 e. The Balaban J connectivity index is 2.04. The summed E-state index contributed by atoms with van der Waals surface area (Å²) >= 11 is 3.68. The van der Waals surface area contributed by atoms with Gasteiger partial charge >= 0.3 is 0 Å². The molecule has 1 saturated heterocycles. The molecule has 2 aliphatic heterocycles. The maximum absolute atomic E-state index is 3.68. The zero-order valence-electron chi connectivity index (χ0n) is 9.43. The van der Waals surface area contributed by atoms with Crippen LogP contribution in [0.4, 0.5) is 5.69 Å². The van der Waals surface area contributed by atoms with Crippen molar-refractivity contribution in [1.29, 1.82) is 0 Å². The fourth-order valence-corrected chi connectivity index (χ4v) is 3.37. The normalized spacial score (nSPS) is 19.9. The van der Waals surface area contributed by atoms with Crippen molar-refractivity contribution < 1.29 is 0 Å². The van der Waals surface area contributed by atoms with E-state index in [4.69, 9.17) is 0 Å². The van der Waals surface area contributed by atoms with Gasteiger partial charge in [-0.25, -0.2) is 0 Å². The molecular formula is C13H17BrN2. The Bertz CT molecular complexity index is 397. The number of hydrogen-bond donors (Lipinski definition) is 1. The second-order valence-electron chi connectivity index (χ2n) is 4.64. The summed E-state index contributed by atoms with van der Waals surface area (Å²) in [6.45, 7) is 4.60. The zero-order chi connectivity index (χ0) is 11.0. The largest absolute Gasteiger partial charge is 0.371 e. The molecule has 0 bridgehead atoms. The molecule has 3 rings (SSSR count). The topological polar surface area (TPSA) is 15.3 Å². The number of anilines is 1. The van der Waals surface area contributed by atoms with E-state index in [1.54, 1.807) is 0 Å². The van der Waals surface area contributed by atoms with Gasteiger partial charge in [-0.1, -0.05) is 15.9 Å². The summed E-state index contributed by atoms with van der Waals surface area (Å²) in [7, 11) is 0. The molecule has 0 aromatic heterocycles. The van der Waals surface area contributed by atoms with Crippen LogP contribution in [0, 0.1) is 0 Å². The molecule has 2 nitrogen and oxygen atoms in total. The smallest absolute Gasteiger partial charge is 0.0415 e. The van der Waals surface area contributed by atoms with E-state index in [1.165, 1.54) is 47.2 Å². The van der Waals surface area contributed by atoms with E-state index < -0.39 is 0 Å². The van der Waals surface area contributed by atoms with Gasteiger partial charge in [-0.3, -0.25) is 0 Å². The fraction of sp³-hybridized carbons (Fsp3) is 0.538. The lowest BCUT2D eigenvalue weighted by atomic mass is 9.99. The van der Waals surface area contributed by atoms with E-state index in [9.17, 15) is 0 Å². The fourth-order valence-electron chi connectivity index (χ4n) is 2.80. The van der Waals surface area contributed by atoms with Crippen LogP contribution in [0.15, 0.2) is 16.6 Å². The van der Waals surface area contributed by atoms with Gasteiger partial charge in [-0.2, -0.15) is 0 Å². The highest BCUT2D eigenvalue weighted by atomic mass is 79.9. The van der Waals surface area contributed by atoms with Gasteiger partial charge in [0, 0.05) is 29.8 Å². The van der Waals surface area contributed by atoms with Crippen LogP contribution in [0.3, 0.4) is 0 Å². The first-order chi connectivity index (χ1) is 7.86. The number of benzene rings is 1. The summed E-state index contributed by atoms with van der Waals surface area (Å²) in [6.07, 6.45) is 3.84. The predicted molar refractivity (Wildman–Crippen MR) is 71.0 cm³/mol. The molecule has 1 fully saturated rings. The summed E-state index contributed by atoms with van der Waals surface area (Å²) in [4.78, 5) is 2.54. The molecule has 1 N–H and O–H groups in total. The van der Waals surface area contributed by atoms with Crippen LogP contribution in [-0.2, 0) is 13.0 Å². The summed E-state index contributed by atoms with van der Waals surface area (Å²) < 4.78 is 1.28. The molecule has 2 heterocycles. The average Bonchev–Trinajstić information content (AvgIpc) is 2.83. The number of nitrogens with zero attached hydrogens (tertiary/aromatic N) is 1. The molecule has 0 aliphatic carbocycles. The van der Waals surface area contributed by atoms with Gasteiger partial charge in [0.15, 0.2) is 0 Å². The van der Waals surface area contributed by atoms with Crippen molar-refractivity contribution in [2.45, 2.75) is 25.8 Å². The van der Waals surface area contributed by atoms with E-state index >= 15 is 0 Å². The molecule has 0 unspecified atom stereocenters. The molecular weight excluding hydrogens is 264 g/mol. The Morgan fingerprint density at radius 1 is 1.12 bits per heavy atom. The zero-order valence-corrected chi connectivity index (χ0v) is 11.0. The number of hydrogen-bond acceptors (Lipinski definition) is 2. The van der Waals surface area contributed by atoms with Crippen LogP contribution in [0.5, 0.6) is 0 Å². The molecule has 0 radical (unpaired) electrons. The summed E-state index contributed by atoms with van der Waals surface area (Å²) in [5.41, 5.74) is 4.49. The predicted octanol–water partition coefficient (Wildman–Crippen LogP) is 2.70. The van der Waals surface area contributed by atoms with Crippen molar-refractivity contribution >= 4 is 21.6 Å². The highest BCUT2D eigenvalue weighted by Gasteiger charge is 2.20. The van der Waals surface area contributed by atoms with Crippen LogP contribution in [0.25, 0.3) is 0 Å². The maximum Gasteiger partial charge on any atom is 0.0415 e. The Morgan fingerprint density at radius 3 is 2.75 bits per heavy atom. The summed E-state index contributed by atoms with van der Waals surface area (Å²) in [5, 5.41) is 3.48. The molecule has 2 aliphatic rings. The van der Waals surface area contributed by atoms with Crippen LogP contribution in [-0.4, -0.2) is 19.6 Å². The van der Waals surface area contributed by atoms with E-state index in [0.717, 1.165) is 19.5 Å². The molecule has 16 heavy (non-hydrogen) atoms. The van der Waals surface area contributed by atoms with E-state index in [2.05, 4.69) is 38.3 Å². The van der Waals surface area contributed by atoms with Gasteiger partial charge in [0.1, 0.15) is 0 Å². The molecule has 86 valence electrons. The first-order valence-corrected chi connectivity index (χ1v) is 6.91. The Kier molecular flexibility index (Phi) is 2.90. The quantitative estimate of drug-likeness (QED) is 0.851. The summed E-state index contributed by atoms with van der Waals surface area (Å²) in [5.74, 6) is 0. The average molecular weight is 281 g/mol. The molecule has 3 heteroatoms. The lowest BCUT2D eigenvalue weighted by Gasteiger charge is -2.27. The van der Waals surface area contributed by atoms with E-state index in [0.29, 0.717) is 0 Å². The Labute approximate surface area is 105 Å². The molecule has 0 spiro atoms. The molecule has 1 aromatic rings. The molecule has 0 saturated carbocycles. The molecule has 0 amide bonds. The van der Waals surface area contributed by atoms with Crippen molar-refractivity contribution in [2.75, 3.05) is 24.5 Å². The SMILES string of the molecule is Brc1ccc(N2CCCC2)c2c1CCNC2. The van der Waals surface area contributed by atoms with Crippen molar-refractivity contribution in [3.8, 4) is 0 Å². The number of nitrogens with one attached hydrogen (secondary N) is 1. The third-order valence-electron chi connectivity index (χ3n) is 3.65. The van der Waals surface area contributed by atoms with Crippen molar-refractivity contribution in [3.63, 3.8) is 0 Å². The minimum absolute atomic E-state index is 1.03. The second kappa shape index (κ2) is 4.38. The minimum atomic E-state index is 1.03. The van der Waals surface area contributed by atoms with Crippen molar-refractivity contribution in [1.82, 2.24) is 5.32 Å². The van der Waals surface area contributed by atoms with Gasteiger partial charge in [-0.05, 0) is 49.1 Å². The van der Waals surface area contributed by atoms with E-state index in [1.807, 2.05) is 0 Å². The first kappa shape index (κ1) is 10.6. The Morgan fingerprint density at radius 2 is 1.94 bits per heavy atom. The molecule has 0 atom stereocenters. The first-order valence-electron chi connectivity index (χ1n) is 6.12. The third-order valence-corrected chi connectivity index (χ3v) is 4.39. The number of rotatable bonds is 1. The standard InChI is InChI=1S/C13H17BrN2/c14-12-3-4-13(16-7-1-2-8-16)11-9-15-6-5-10(11)12/h3-4,15H,1-2,5-9H2. The lowest BCUT2D eigenvalue weighted by molar-refractivity contribution is 0.640. The van der Waals surface area contributed by atoms with Gasteiger partial charge in [-0.15, -0.1) is 0 Å². The Hall–Kier alpha value is -0.540. The van der Waals surface area contributed by atoms with Crippen LogP contribution < -0.4 is 10.2 Å². The maximum atomic E-state index is 3.68. The number of halogens is 1. The van der Waals surface area contributed by atoms with Gasteiger partial charge in [0.25, 0.3) is 0 Å². The lowest BCUT2D eigenvalue weighted by Crippen LogP contribution is -2.28. The van der Waals surface area contributed by atoms with Crippen LogP contribution in [0.2, 0.25) is 0 Å². The van der Waals surface area contributed by atoms with Gasteiger partial charge in [0.2, 0.25) is 0 Å². The highest BCUT2D eigenvalue weighted by Crippen LogP contribution is 2.33. The van der Waals surface area contributed by atoms with Crippen LogP contribution >= 0.6 is 15.9 Å². The highest BCUT2D eigenvalue weighted by molar-refractivity contribution is 9.10. The van der Waals surface area contributed by atoms with Crippen molar-refractivity contribution in [2.24, 2.45) is 0 Å². The monoisotopic (exact) mass is 280 g/mol.